The van der Waals surface area contributed by atoms with Gasteiger partial charge >= 0.3 is 0 Å². The quantitative estimate of drug-likeness (QED) is 0.509. The molecule has 0 bridgehead atoms. The summed E-state index contributed by atoms with van der Waals surface area (Å²) in [5.74, 6) is 0. The maximum Gasteiger partial charge on any atom is 0.137 e. The average molecular weight is 312 g/mol. The second kappa shape index (κ2) is 6.32. The third-order valence-corrected chi connectivity index (χ3v) is 4.42. The zero-order chi connectivity index (χ0) is 16.4. The Hall–Kier alpha value is -2.87. The maximum absolute atomic E-state index is 4.75. The van der Waals surface area contributed by atoms with Crippen LogP contribution in [-0.2, 0) is 12.8 Å². The van der Waals surface area contributed by atoms with Gasteiger partial charge in [0.2, 0.25) is 0 Å². The number of pyridine rings is 1. The zero-order valence-corrected chi connectivity index (χ0v) is 13.8. The summed E-state index contributed by atoms with van der Waals surface area (Å²) in [4.78, 5) is 4.75. The minimum absolute atomic E-state index is 0.940. The first kappa shape index (κ1) is 14.7. The fourth-order valence-electron chi connectivity index (χ4n) is 3.02. The molecule has 0 aliphatic heterocycles. The Bertz CT molecular complexity index is 950. The Morgan fingerprint density at radius 1 is 0.750 bits per heavy atom. The van der Waals surface area contributed by atoms with Crippen LogP contribution in [0.5, 0.6) is 0 Å². The highest BCUT2D eigenvalue weighted by Gasteiger charge is 2.05. The average Bonchev–Trinajstić information content (AvgIpc) is 3.06. The number of nitrogens with zero attached hydrogens (tertiary/aromatic N) is 2. The molecular weight excluding hydrogens is 292 g/mol. The van der Waals surface area contributed by atoms with E-state index in [1.54, 1.807) is 0 Å². The molecule has 0 N–H and O–H groups in total. The lowest BCUT2D eigenvalue weighted by atomic mass is 10.1. The highest BCUT2D eigenvalue weighted by atomic mass is 15.0. The number of rotatable bonds is 4. The van der Waals surface area contributed by atoms with Crippen LogP contribution < -0.4 is 0 Å². The molecule has 2 heterocycles. The van der Waals surface area contributed by atoms with Crippen molar-refractivity contribution in [2.24, 2.45) is 0 Å². The van der Waals surface area contributed by atoms with Crippen LogP contribution in [0.3, 0.4) is 0 Å². The van der Waals surface area contributed by atoms with E-state index in [1.165, 1.54) is 22.3 Å². The smallest absolute Gasteiger partial charge is 0.137 e. The van der Waals surface area contributed by atoms with Gasteiger partial charge in [-0.1, -0.05) is 67.6 Å². The number of hydrogen-bond acceptors (Lipinski definition) is 1. The van der Waals surface area contributed by atoms with Gasteiger partial charge in [-0.2, -0.15) is 0 Å². The van der Waals surface area contributed by atoms with Crippen LogP contribution in [0.4, 0.5) is 0 Å². The molecule has 0 atom stereocenters. The van der Waals surface area contributed by atoms with Gasteiger partial charge in [-0.25, -0.2) is 4.98 Å². The monoisotopic (exact) mass is 312 g/mol. The molecule has 0 saturated heterocycles. The van der Waals surface area contributed by atoms with Gasteiger partial charge < -0.3 is 4.40 Å². The Morgan fingerprint density at radius 2 is 1.50 bits per heavy atom. The van der Waals surface area contributed by atoms with E-state index >= 15 is 0 Å². The summed E-state index contributed by atoms with van der Waals surface area (Å²) in [7, 11) is 0. The summed E-state index contributed by atoms with van der Waals surface area (Å²) in [5, 5.41) is 0. The fraction of sp³-hybridized carbons (Fsp3) is 0.136. The number of imidazole rings is 1. The highest BCUT2D eigenvalue weighted by Crippen LogP contribution is 2.21. The molecule has 2 nitrogen and oxygen atoms in total. The van der Waals surface area contributed by atoms with Crippen molar-refractivity contribution in [2.45, 2.75) is 19.8 Å². The maximum atomic E-state index is 4.75. The van der Waals surface area contributed by atoms with Crippen molar-refractivity contribution in [3.63, 3.8) is 0 Å². The molecule has 0 aliphatic rings. The molecule has 4 aromatic rings. The van der Waals surface area contributed by atoms with Crippen molar-refractivity contribution in [1.29, 1.82) is 0 Å². The van der Waals surface area contributed by atoms with Crippen LogP contribution >= 0.6 is 0 Å². The van der Waals surface area contributed by atoms with E-state index in [9.17, 15) is 0 Å². The van der Waals surface area contributed by atoms with Crippen LogP contribution in [-0.4, -0.2) is 9.38 Å². The molecule has 0 amide bonds. The number of aromatic nitrogens is 2. The first-order chi connectivity index (χ1) is 11.8. The summed E-state index contributed by atoms with van der Waals surface area (Å²) in [6.45, 7) is 2.17. The third kappa shape index (κ3) is 2.95. The van der Waals surface area contributed by atoms with Gasteiger partial charge in [0, 0.05) is 18.0 Å². The van der Waals surface area contributed by atoms with Gasteiger partial charge in [-0.15, -0.1) is 0 Å². The highest BCUT2D eigenvalue weighted by molar-refractivity contribution is 5.63. The van der Waals surface area contributed by atoms with Crippen molar-refractivity contribution in [3.8, 4) is 11.3 Å². The summed E-state index contributed by atoms with van der Waals surface area (Å²) in [5.41, 5.74) is 7.15. The van der Waals surface area contributed by atoms with Crippen LogP contribution in [0, 0.1) is 0 Å². The Labute approximate surface area is 142 Å². The predicted octanol–water partition coefficient (Wildman–Crippen LogP) is 5.15. The molecule has 0 unspecified atom stereocenters. The lowest BCUT2D eigenvalue weighted by Crippen LogP contribution is -1.91. The van der Waals surface area contributed by atoms with Crippen LogP contribution in [0.15, 0.2) is 79.1 Å². The van der Waals surface area contributed by atoms with Gasteiger partial charge in [0.25, 0.3) is 0 Å². The molecule has 0 radical (unpaired) electrons. The van der Waals surface area contributed by atoms with Crippen molar-refractivity contribution in [2.75, 3.05) is 0 Å². The third-order valence-electron chi connectivity index (χ3n) is 4.42. The van der Waals surface area contributed by atoms with E-state index in [2.05, 4.69) is 90.4 Å². The van der Waals surface area contributed by atoms with E-state index in [0.29, 0.717) is 0 Å². The SMILES string of the molecule is CCc1ccc(-c2cn3cc(Cc4ccccc4)ccc3n2)cc1. The molecule has 4 rings (SSSR count). The summed E-state index contributed by atoms with van der Waals surface area (Å²) in [6, 6.07) is 23.5. The van der Waals surface area contributed by atoms with Gasteiger partial charge in [0.15, 0.2) is 0 Å². The van der Waals surface area contributed by atoms with Crippen molar-refractivity contribution >= 4 is 5.65 Å². The largest absolute Gasteiger partial charge is 0.306 e. The van der Waals surface area contributed by atoms with Crippen molar-refractivity contribution in [3.05, 3.63) is 95.8 Å². The lowest BCUT2D eigenvalue weighted by Gasteiger charge is -2.02. The normalized spacial score (nSPS) is 11.0. The van der Waals surface area contributed by atoms with E-state index in [1.807, 2.05) is 0 Å². The molecule has 0 aliphatic carbocycles. The van der Waals surface area contributed by atoms with E-state index in [0.717, 1.165) is 24.2 Å². The fourth-order valence-corrected chi connectivity index (χ4v) is 3.02. The number of aryl methyl sites for hydroxylation is 1. The summed E-state index contributed by atoms with van der Waals surface area (Å²) < 4.78 is 2.13. The minimum atomic E-state index is 0.940. The van der Waals surface area contributed by atoms with Crippen LogP contribution in [0.25, 0.3) is 16.9 Å². The van der Waals surface area contributed by atoms with Crippen LogP contribution in [0.1, 0.15) is 23.6 Å². The van der Waals surface area contributed by atoms with E-state index in [4.69, 9.17) is 4.98 Å². The lowest BCUT2D eigenvalue weighted by molar-refractivity contribution is 1.10. The Balaban J connectivity index is 1.65. The van der Waals surface area contributed by atoms with Gasteiger partial charge in [0.1, 0.15) is 5.65 Å². The second-order valence-corrected chi connectivity index (χ2v) is 6.14. The number of benzene rings is 2. The van der Waals surface area contributed by atoms with E-state index < -0.39 is 0 Å². The van der Waals surface area contributed by atoms with Gasteiger partial charge in [0.05, 0.1) is 5.69 Å². The second-order valence-electron chi connectivity index (χ2n) is 6.14. The number of hydrogen-bond donors (Lipinski definition) is 0. The van der Waals surface area contributed by atoms with Crippen molar-refractivity contribution in [1.82, 2.24) is 9.38 Å². The van der Waals surface area contributed by atoms with E-state index in [-0.39, 0.29) is 0 Å². The molecule has 0 spiro atoms. The first-order valence-electron chi connectivity index (χ1n) is 8.43. The first-order valence-corrected chi connectivity index (χ1v) is 8.43. The molecule has 2 aromatic heterocycles. The topological polar surface area (TPSA) is 17.3 Å². The molecule has 2 aromatic carbocycles. The predicted molar refractivity (Wildman–Crippen MR) is 99.3 cm³/mol. The molecule has 118 valence electrons. The van der Waals surface area contributed by atoms with Gasteiger partial charge in [-0.05, 0) is 35.6 Å². The molecule has 0 fully saturated rings. The summed E-state index contributed by atoms with van der Waals surface area (Å²) >= 11 is 0. The Kier molecular flexibility index (Phi) is 3.87. The zero-order valence-electron chi connectivity index (χ0n) is 13.8. The molecular formula is C22H20N2. The molecule has 0 saturated carbocycles. The summed E-state index contributed by atoms with van der Waals surface area (Å²) in [6.07, 6.45) is 6.30. The molecule has 2 heteroatoms. The minimum Gasteiger partial charge on any atom is -0.306 e. The van der Waals surface area contributed by atoms with Crippen LogP contribution in [0.2, 0.25) is 0 Å². The van der Waals surface area contributed by atoms with Crippen molar-refractivity contribution < 1.29 is 0 Å². The number of fused-ring (bicyclic) bond motifs is 1. The van der Waals surface area contributed by atoms with Gasteiger partial charge in [-0.3, -0.25) is 0 Å². The molecule has 24 heavy (non-hydrogen) atoms. The standard InChI is InChI=1S/C22H20N2/c1-2-17-8-11-20(12-9-17)21-16-24-15-19(10-13-22(24)23-21)14-18-6-4-3-5-7-18/h3-13,15-16H,2,14H2,1H3. The Morgan fingerprint density at radius 3 is 2.25 bits per heavy atom.